The van der Waals surface area contributed by atoms with Crippen LogP contribution >= 0.6 is 11.3 Å². The number of pyridine rings is 1. The van der Waals surface area contributed by atoms with Crippen LogP contribution in [0.4, 0.5) is 0 Å². The molecule has 0 spiro atoms. The van der Waals surface area contributed by atoms with Crippen LogP contribution in [0.25, 0.3) is 10.2 Å². The molecular formula is C10H9NO3S. The Hall–Kier alpha value is -1.62. The van der Waals surface area contributed by atoms with Crippen molar-refractivity contribution in [3.8, 4) is 5.75 Å². The summed E-state index contributed by atoms with van der Waals surface area (Å²) in [4.78, 5) is 16.0. The summed E-state index contributed by atoms with van der Waals surface area (Å²) in [6, 6.07) is 3.58. The van der Waals surface area contributed by atoms with E-state index in [1.807, 2.05) is 13.0 Å². The van der Waals surface area contributed by atoms with E-state index in [9.17, 15) is 4.79 Å². The molecule has 0 bridgehead atoms. The van der Waals surface area contributed by atoms with E-state index in [-0.39, 0.29) is 4.88 Å². The molecule has 2 heterocycles. The van der Waals surface area contributed by atoms with Crippen molar-refractivity contribution in [1.82, 2.24) is 4.98 Å². The third-order valence-electron chi connectivity index (χ3n) is 1.90. The predicted molar refractivity (Wildman–Crippen MR) is 57.7 cm³/mol. The van der Waals surface area contributed by atoms with Crippen LogP contribution in [0.1, 0.15) is 16.6 Å². The number of ether oxygens (including phenoxy) is 1. The SMILES string of the molecule is CCOc1c(C(=O)O)sc2ncccc12. The van der Waals surface area contributed by atoms with Crippen LogP contribution < -0.4 is 4.74 Å². The highest BCUT2D eigenvalue weighted by Crippen LogP contribution is 2.36. The number of carbonyl (C=O) groups is 1. The molecule has 2 aromatic rings. The summed E-state index contributed by atoms with van der Waals surface area (Å²) in [5.41, 5.74) is 0. The average molecular weight is 223 g/mol. The lowest BCUT2D eigenvalue weighted by atomic mass is 10.3. The van der Waals surface area contributed by atoms with Gasteiger partial charge in [0.1, 0.15) is 4.83 Å². The molecular weight excluding hydrogens is 214 g/mol. The number of hydrogen-bond acceptors (Lipinski definition) is 4. The third kappa shape index (κ3) is 1.66. The molecule has 2 aromatic heterocycles. The molecule has 0 radical (unpaired) electrons. The van der Waals surface area contributed by atoms with Crippen LogP contribution in [0.2, 0.25) is 0 Å². The quantitative estimate of drug-likeness (QED) is 0.867. The standard InChI is InChI=1S/C10H9NO3S/c1-2-14-7-6-4-3-5-11-9(6)15-8(7)10(12)13/h3-5H,2H2,1H3,(H,12,13). The summed E-state index contributed by atoms with van der Waals surface area (Å²) in [5, 5.41) is 9.76. The zero-order valence-corrected chi connectivity index (χ0v) is 8.87. The van der Waals surface area contributed by atoms with Crippen molar-refractivity contribution in [2.24, 2.45) is 0 Å². The lowest BCUT2D eigenvalue weighted by Gasteiger charge is -2.01. The van der Waals surface area contributed by atoms with Crippen molar-refractivity contribution < 1.29 is 14.6 Å². The maximum atomic E-state index is 11.0. The summed E-state index contributed by atoms with van der Waals surface area (Å²) in [5.74, 6) is -0.542. The van der Waals surface area contributed by atoms with Gasteiger partial charge in [-0.05, 0) is 19.1 Å². The van der Waals surface area contributed by atoms with Gasteiger partial charge in [-0.15, -0.1) is 11.3 Å². The van der Waals surface area contributed by atoms with Gasteiger partial charge < -0.3 is 9.84 Å². The van der Waals surface area contributed by atoms with Crippen LogP contribution in [0, 0.1) is 0 Å². The maximum absolute atomic E-state index is 11.0. The average Bonchev–Trinajstić information content (AvgIpc) is 2.58. The Balaban J connectivity index is 2.68. The van der Waals surface area contributed by atoms with Crippen LogP contribution in [0.5, 0.6) is 5.75 Å². The number of thiophene rings is 1. The first kappa shape index (κ1) is 9.92. The van der Waals surface area contributed by atoms with Gasteiger partial charge in [0.2, 0.25) is 0 Å². The van der Waals surface area contributed by atoms with Crippen molar-refractivity contribution in [2.45, 2.75) is 6.92 Å². The summed E-state index contributed by atoms with van der Waals surface area (Å²) in [6.45, 7) is 2.27. The van der Waals surface area contributed by atoms with E-state index in [0.717, 1.165) is 16.7 Å². The fourth-order valence-electron chi connectivity index (χ4n) is 1.34. The number of nitrogens with zero attached hydrogens (tertiary/aromatic N) is 1. The number of hydrogen-bond donors (Lipinski definition) is 1. The third-order valence-corrected chi connectivity index (χ3v) is 2.99. The van der Waals surface area contributed by atoms with Gasteiger partial charge in [-0.3, -0.25) is 0 Å². The molecule has 0 saturated heterocycles. The lowest BCUT2D eigenvalue weighted by Crippen LogP contribution is -1.98. The summed E-state index contributed by atoms with van der Waals surface area (Å²) < 4.78 is 5.34. The molecule has 0 atom stereocenters. The normalized spacial score (nSPS) is 10.5. The first-order valence-electron chi connectivity index (χ1n) is 4.47. The minimum atomic E-state index is -0.971. The second-order valence-electron chi connectivity index (χ2n) is 2.85. The van der Waals surface area contributed by atoms with Crippen LogP contribution in [-0.4, -0.2) is 22.7 Å². The molecule has 0 aromatic carbocycles. The van der Waals surface area contributed by atoms with E-state index < -0.39 is 5.97 Å². The van der Waals surface area contributed by atoms with Crippen molar-refractivity contribution in [1.29, 1.82) is 0 Å². The molecule has 1 N–H and O–H groups in total. The van der Waals surface area contributed by atoms with Crippen LogP contribution in [0.15, 0.2) is 18.3 Å². The van der Waals surface area contributed by atoms with Crippen LogP contribution in [0.3, 0.4) is 0 Å². The van der Waals surface area contributed by atoms with Crippen molar-refractivity contribution in [3.63, 3.8) is 0 Å². The molecule has 4 nitrogen and oxygen atoms in total. The van der Waals surface area contributed by atoms with E-state index in [2.05, 4.69) is 4.98 Å². The highest BCUT2D eigenvalue weighted by molar-refractivity contribution is 7.20. The zero-order valence-electron chi connectivity index (χ0n) is 8.06. The van der Waals surface area contributed by atoms with Crippen molar-refractivity contribution in [3.05, 3.63) is 23.2 Å². The minimum Gasteiger partial charge on any atom is -0.491 e. The lowest BCUT2D eigenvalue weighted by molar-refractivity contribution is 0.0698. The molecule has 0 unspecified atom stereocenters. The van der Waals surface area contributed by atoms with E-state index in [4.69, 9.17) is 9.84 Å². The van der Waals surface area contributed by atoms with Gasteiger partial charge in [0.15, 0.2) is 10.6 Å². The molecule has 0 aliphatic heterocycles. The number of fused-ring (bicyclic) bond motifs is 1. The number of rotatable bonds is 3. The van der Waals surface area contributed by atoms with Gasteiger partial charge in [0.25, 0.3) is 0 Å². The first-order valence-corrected chi connectivity index (χ1v) is 5.29. The highest BCUT2D eigenvalue weighted by Gasteiger charge is 2.19. The highest BCUT2D eigenvalue weighted by atomic mass is 32.1. The van der Waals surface area contributed by atoms with Crippen molar-refractivity contribution >= 4 is 27.5 Å². The van der Waals surface area contributed by atoms with Gasteiger partial charge in [0, 0.05) is 6.20 Å². The molecule has 15 heavy (non-hydrogen) atoms. The molecule has 78 valence electrons. The van der Waals surface area contributed by atoms with Gasteiger partial charge in [-0.1, -0.05) is 0 Å². The van der Waals surface area contributed by atoms with E-state index in [0.29, 0.717) is 17.2 Å². The molecule has 0 saturated carbocycles. The minimum absolute atomic E-state index is 0.213. The topological polar surface area (TPSA) is 59.4 Å². The van der Waals surface area contributed by atoms with E-state index >= 15 is 0 Å². The second kappa shape index (κ2) is 3.86. The van der Waals surface area contributed by atoms with E-state index in [1.165, 1.54) is 0 Å². The molecule has 0 aliphatic carbocycles. The van der Waals surface area contributed by atoms with Gasteiger partial charge in [0.05, 0.1) is 12.0 Å². The van der Waals surface area contributed by atoms with Crippen molar-refractivity contribution in [2.75, 3.05) is 6.61 Å². The Bertz CT molecular complexity index is 506. The fraction of sp³-hybridized carbons (Fsp3) is 0.200. The number of carboxylic acids is 1. The first-order chi connectivity index (χ1) is 7.24. The number of aromatic carboxylic acids is 1. The largest absolute Gasteiger partial charge is 0.491 e. The Morgan fingerprint density at radius 2 is 2.47 bits per heavy atom. The molecule has 0 fully saturated rings. The Labute approximate surface area is 90.1 Å². The molecule has 5 heteroatoms. The Morgan fingerprint density at radius 3 is 3.13 bits per heavy atom. The smallest absolute Gasteiger partial charge is 0.349 e. The van der Waals surface area contributed by atoms with Gasteiger partial charge >= 0.3 is 5.97 Å². The number of carboxylic acid groups (broad SMARTS) is 1. The van der Waals surface area contributed by atoms with Gasteiger partial charge in [-0.2, -0.15) is 0 Å². The fourth-order valence-corrected chi connectivity index (χ4v) is 2.27. The zero-order chi connectivity index (χ0) is 10.8. The Morgan fingerprint density at radius 1 is 1.67 bits per heavy atom. The predicted octanol–water partition coefficient (Wildman–Crippen LogP) is 2.39. The number of aromatic nitrogens is 1. The monoisotopic (exact) mass is 223 g/mol. The maximum Gasteiger partial charge on any atom is 0.349 e. The second-order valence-corrected chi connectivity index (χ2v) is 3.85. The van der Waals surface area contributed by atoms with E-state index in [1.54, 1.807) is 12.3 Å². The molecule has 0 aliphatic rings. The van der Waals surface area contributed by atoms with Gasteiger partial charge in [-0.25, -0.2) is 9.78 Å². The molecule has 0 amide bonds. The van der Waals surface area contributed by atoms with Crippen LogP contribution in [-0.2, 0) is 0 Å². The summed E-state index contributed by atoms with van der Waals surface area (Å²) in [7, 11) is 0. The summed E-state index contributed by atoms with van der Waals surface area (Å²) in [6.07, 6.45) is 1.64. The Kier molecular flexibility index (Phi) is 2.55. The summed E-state index contributed by atoms with van der Waals surface area (Å²) >= 11 is 1.14. The molecule has 2 rings (SSSR count).